The number of hydrogen-bond acceptors (Lipinski definition) is 5. The molecule has 0 aromatic heterocycles. The van der Waals surface area contributed by atoms with Gasteiger partial charge in [-0.15, -0.1) is 0 Å². The lowest BCUT2D eigenvalue weighted by Gasteiger charge is -2.40. The zero-order valence-electron chi connectivity index (χ0n) is 17.1. The van der Waals surface area contributed by atoms with Gasteiger partial charge in [0.15, 0.2) is 0 Å². The molecule has 1 aliphatic heterocycles. The highest BCUT2D eigenvalue weighted by Gasteiger charge is 2.43. The lowest BCUT2D eigenvalue weighted by Crippen LogP contribution is -2.48. The molecule has 0 atom stereocenters. The molecular formula is C22H34N2O4. The van der Waals surface area contributed by atoms with Crippen LogP contribution in [0.2, 0.25) is 0 Å². The Bertz CT molecular complexity index is 598. The highest BCUT2D eigenvalue weighted by Crippen LogP contribution is 2.37. The first-order valence-corrected chi connectivity index (χ1v) is 10.7. The van der Waals surface area contributed by atoms with Crippen molar-refractivity contribution in [1.82, 2.24) is 4.90 Å². The standard InChI is InChI=1S/C22H34N2O4/c1-2-28-21(25)22(20-12-8-7-9-13-20)14-18-23(19-15-22)16-10-5-3-4-6-11-17-24(26)27/h7-9,12-13H,2-6,10-11,14-19H2,1H3. The van der Waals surface area contributed by atoms with Crippen LogP contribution in [0.15, 0.2) is 30.3 Å². The van der Waals surface area contributed by atoms with Crippen LogP contribution in [-0.2, 0) is 14.9 Å². The maximum atomic E-state index is 12.8. The van der Waals surface area contributed by atoms with Crippen LogP contribution in [0.1, 0.15) is 63.9 Å². The third-order valence-electron chi connectivity index (χ3n) is 5.77. The normalized spacial score (nSPS) is 16.6. The van der Waals surface area contributed by atoms with Crippen LogP contribution in [0.3, 0.4) is 0 Å². The van der Waals surface area contributed by atoms with Crippen molar-refractivity contribution in [1.29, 1.82) is 0 Å². The highest BCUT2D eigenvalue weighted by atomic mass is 16.6. The molecule has 0 amide bonds. The van der Waals surface area contributed by atoms with Gasteiger partial charge in [-0.2, -0.15) is 0 Å². The number of hydrogen-bond donors (Lipinski definition) is 0. The van der Waals surface area contributed by atoms with Crippen LogP contribution in [0.4, 0.5) is 0 Å². The van der Waals surface area contributed by atoms with Crippen molar-refractivity contribution < 1.29 is 14.5 Å². The van der Waals surface area contributed by atoms with Crippen molar-refractivity contribution >= 4 is 5.97 Å². The van der Waals surface area contributed by atoms with E-state index in [0.29, 0.717) is 13.0 Å². The van der Waals surface area contributed by atoms with Crippen molar-refractivity contribution in [3.63, 3.8) is 0 Å². The maximum Gasteiger partial charge on any atom is 0.316 e. The molecule has 0 spiro atoms. The number of ether oxygens (including phenoxy) is 1. The predicted molar refractivity (Wildman–Crippen MR) is 110 cm³/mol. The van der Waals surface area contributed by atoms with Crippen LogP contribution in [0.25, 0.3) is 0 Å². The van der Waals surface area contributed by atoms with E-state index in [1.165, 1.54) is 0 Å². The first-order chi connectivity index (χ1) is 13.6. The Morgan fingerprint density at radius 3 is 2.29 bits per heavy atom. The van der Waals surface area contributed by atoms with E-state index in [9.17, 15) is 14.9 Å². The van der Waals surface area contributed by atoms with Crippen molar-refractivity contribution in [2.75, 3.05) is 32.8 Å². The van der Waals surface area contributed by atoms with Crippen LogP contribution in [0.5, 0.6) is 0 Å². The lowest BCUT2D eigenvalue weighted by atomic mass is 9.72. The van der Waals surface area contributed by atoms with E-state index in [4.69, 9.17) is 4.74 Å². The van der Waals surface area contributed by atoms with Crippen LogP contribution >= 0.6 is 0 Å². The monoisotopic (exact) mass is 390 g/mol. The van der Waals surface area contributed by atoms with Gasteiger partial charge in [0.2, 0.25) is 6.54 Å². The smallest absolute Gasteiger partial charge is 0.316 e. The van der Waals surface area contributed by atoms with Crippen LogP contribution < -0.4 is 0 Å². The van der Waals surface area contributed by atoms with Gasteiger partial charge in [-0.3, -0.25) is 14.9 Å². The first-order valence-electron chi connectivity index (χ1n) is 10.7. The van der Waals surface area contributed by atoms with E-state index < -0.39 is 5.41 Å². The number of nitro groups is 1. The zero-order chi connectivity index (χ0) is 20.2. The van der Waals surface area contributed by atoms with Gasteiger partial charge in [-0.1, -0.05) is 49.6 Å². The minimum atomic E-state index is -0.509. The van der Waals surface area contributed by atoms with Gasteiger partial charge in [0.1, 0.15) is 0 Å². The molecule has 1 saturated heterocycles. The Hall–Kier alpha value is -1.95. The highest BCUT2D eigenvalue weighted by molar-refractivity contribution is 5.83. The molecule has 1 heterocycles. The number of benzene rings is 1. The summed E-state index contributed by atoms with van der Waals surface area (Å²) < 4.78 is 5.43. The Morgan fingerprint density at radius 2 is 1.68 bits per heavy atom. The van der Waals surface area contributed by atoms with Gasteiger partial charge in [0.05, 0.1) is 12.0 Å². The minimum absolute atomic E-state index is 0.0874. The summed E-state index contributed by atoms with van der Waals surface area (Å²) in [7, 11) is 0. The summed E-state index contributed by atoms with van der Waals surface area (Å²) in [6.07, 6.45) is 7.77. The third kappa shape index (κ3) is 6.59. The van der Waals surface area contributed by atoms with E-state index in [1.54, 1.807) is 0 Å². The molecule has 1 aliphatic rings. The summed E-state index contributed by atoms with van der Waals surface area (Å²) in [6, 6.07) is 10.1. The van der Waals surface area contributed by atoms with Crippen molar-refractivity contribution in [3.8, 4) is 0 Å². The van der Waals surface area contributed by atoms with E-state index in [1.807, 2.05) is 37.3 Å². The number of carbonyl (C=O) groups excluding carboxylic acids is 1. The molecule has 6 nitrogen and oxygen atoms in total. The number of esters is 1. The number of unbranched alkanes of at least 4 members (excludes halogenated alkanes) is 5. The third-order valence-corrected chi connectivity index (χ3v) is 5.77. The summed E-state index contributed by atoms with van der Waals surface area (Å²) >= 11 is 0. The summed E-state index contributed by atoms with van der Waals surface area (Å²) in [6.45, 7) is 5.26. The van der Waals surface area contributed by atoms with E-state index >= 15 is 0 Å². The number of piperidine rings is 1. The Kier molecular flexibility index (Phi) is 9.41. The first kappa shape index (κ1) is 22.3. The van der Waals surface area contributed by atoms with Gasteiger partial charge in [-0.05, 0) is 57.8 Å². The van der Waals surface area contributed by atoms with Crippen molar-refractivity contribution in [3.05, 3.63) is 46.0 Å². The lowest BCUT2D eigenvalue weighted by molar-refractivity contribution is -0.480. The molecule has 0 N–H and O–H groups in total. The number of likely N-dealkylation sites (tertiary alicyclic amines) is 1. The fourth-order valence-electron chi connectivity index (χ4n) is 4.08. The topological polar surface area (TPSA) is 72.7 Å². The van der Waals surface area contributed by atoms with Gasteiger partial charge in [0, 0.05) is 11.3 Å². The molecule has 1 aromatic carbocycles. The average molecular weight is 391 g/mol. The van der Waals surface area contributed by atoms with E-state index in [-0.39, 0.29) is 17.4 Å². The van der Waals surface area contributed by atoms with Crippen molar-refractivity contribution in [2.45, 2.75) is 63.7 Å². The second kappa shape index (κ2) is 11.8. The Labute approximate surface area is 168 Å². The number of carbonyl (C=O) groups is 1. The molecule has 2 rings (SSSR count). The summed E-state index contributed by atoms with van der Waals surface area (Å²) in [5.41, 5.74) is 0.563. The Morgan fingerprint density at radius 1 is 1.07 bits per heavy atom. The van der Waals surface area contributed by atoms with Gasteiger partial charge in [-0.25, -0.2) is 0 Å². The molecule has 1 fully saturated rings. The fourth-order valence-corrected chi connectivity index (χ4v) is 4.08. The molecule has 0 radical (unpaired) electrons. The van der Waals surface area contributed by atoms with Crippen LogP contribution in [-0.4, -0.2) is 48.6 Å². The minimum Gasteiger partial charge on any atom is -0.465 e. The van der Waals surface area contributed by atoms with E-state index in [0.717, 1.165) is 70.1 Å². The molecule has 0 saturated carbocycles. The molecule has 0 aliphatic carbocycles. The molecule has 156 valence electrons. The predicted octanol–water partition coefficient (Wildman–Crippen LogP) is 4.20. The fraction of sp³-hybridized carbons (Fsp3) is 0.682. The Balaban J connectivity index is 1.73. The van der Waals surface area contributed by atoms with Crippen LogP contribution in [0, 0.1) is 10.1 Å². The molecule has 0 bridgehead atoms. The molecular weight excluding hydrogens is 356 g/mol. The van der Waals surface area contributed by atoms with Gasteiger partial charge < -0.3 is 9.64 Å². The van der Waals surface area contributed by atoms with Crippen molar-refractivity contribution in [2.24, 2.45) is 0 Å². The second-order valence-corrected chi connectivity index (χ2v) is 7.69. The summed E-state index contributed by atoms with van der Waals surface area (Å²) in [4.78, 5) is 25.3. The zero-order valence-corrected chi connectivity index (χ0v) is 17.1. The summed E-state index contributed by atoms with van der Waals surface area (Å²) in [5.74, 6) is -0.0874. The SMILES string of the molecule is CCOC(=O)C1(c2ccccc2)CCN(CCCCCCCC[N+](=O)[O-])CC1. The van der Waals surface area contributed by atoms with E-state index in [2.05, 4.69) is 4.90 Å². The average Bonchev–Trinajstić information content (AvgIpc) is 2.71. The molecule has 6 heteroatoms. The summed E-state index contributed by atoms with van der Waals surface area (Å²) in [5, 5.41) is 10.3. The number of rotatable bonds is 12. The molecule has 1 aromatic rings. The largest absolute Gasteiger partial charge is 0.465 e. The quantitative estimate of drug-likeness (QED) is 0.231. The molecule has 28 heavy (non-hydrogen) atoms. The van der Waals surface area contributed by atoms with Gasteiger partial charge in [0.25, 0.3) is 0 Å². The number of nitrogens with zero attached hydrogens (tertiary/aromatic N) is 2. The molecule has 0 unspecified atom stereocenters. The van der Waals surface area contributed by atoms with Gasteiger partial charge >= 0.3 is 5.97 Å². The maximum absolute atomic E-state index is 12.8. The second-order valence-electron chi connectivity index (χ2n) is 7.69.